The fraction of sp³-hybridized carbons (Fsp3) is 0.476. The van der Waals surface area contributed by atoms with Gasteiger partial charge in [0.1, 0.15) is 6.61 Å². The summed E-state index contributed by atoms with van der Waals surface area (Å²) in [4.78, 5) is 37.0. The Morgan fingerprint density at radius 3 is 2.50 bits per heavy atom. The number of carbonyl (C=O) groups excluding carboxylic acids is 2. The molecule has 1 aromatic rings. The maximum Gasteiger partial charge on any atom is 0.341 e. The molecule has 7 heteroatoms. The van der Waals surface area contributed by atoms with E-state index in [2.05, 4.69) is 5.32 Å². The molecule has 7 nitrogen and oxygen atoms in total. The van der Waals surface area contributed by atoms with Crippen molar-refractivity contribution in [1.29, 1.82) is 0 Å². The summed E-state index contributed by atoms with van der Waals surface area (Å²) >= 11 is 0. The molecule has 0 bridgehead atoms. The highest BCUT2D eigenvalue weighted by Gasteiger charge is 2.31. The molecule has 0 radical (unpaired) electrons. The van der Waals surface area contributed by atoms with Crippen molar-refractivity contribution in [1.82, 2.24) is 4.90 Å². The number of nitrogens with one attached hydrogen (secondary N) is 1. The number of aliphatic carboxylic acids is 1. The Balaban J connectivity index is 2.55. The number of carboxylic acid groups (broad SMARTS) is 1. The summed E-state index contributed by atoms with van der Waals surface area (Å²) in [6, 6.07) is -0.319. The van der Waals surface area contributed by atoms with Crippen LogP contribution < -0.4 is 5.32 Å². The zero-order valence-corrected chi connectivity index (χ0v) is 17.1. The molecular weight excluding hydrogens is 360 g/mol. The number of ether oxygens (including phenoxy) is 1. The van der Waals surface area contributed by atoms with Crippen LogP contribution in [0.2, 0.25) is 0 Å². The zero-order valence-electron chi connectivity index (χ0n) is 17.1. The number of amides is 2. The molecular formula is C21H28N2O5. The number of rotatable bonds is 7. The fourth-order valence-electron chi connectivity index (χ4n) is 3.41. The van der Waals surface area contributed by atoms with Crippen LogP contribution >= 0.6 is 0 Å². The monoisotopic (exact) mass is 388 g/mol. The first-order valence-corrected chi connectivity index (χ1v) is 9.37. The molecule has 0 atom stereocenters. The number of urea groups is 1. The number of carbonyl (C=O) groups is 3. The summed E-state index contributed by atoms with van der Waals surface area (Å²) in [6.45, 7) is 6.11. The van der Waals surface area contributed by atoms with Gasteiger partial charge in [-0.1, -0.05) is 18.6 Å². The lowest BCUT2D eigenvalue weighted by Crippen LogP contribution is -2.29. The molecule has 1 aliphatic heterocycles. The highest BCUT2D eigenvalue weighted by Crippen LogP contribution is 2.37. The predicted molar refractivity (Wildman–Crippen MR) is 107 cm³/mol. The average molecular weight is 388 g/mol. The molecule has 0 saturated heterocycles. The Labute approximate surface area is 165 Å². The maximum atomic E-state index is 12.4. The Morgan fingerprint density at radius 1 is 1.25 bits per heavy atom. The number of carboxylic acids is 1. The second kappa shape index (κ2) is 8.91. The SMILES string of the molecule is CCc1c(C)c2c(c(NC(=O)N(C)C)c1CC=C(C)CCC(=O)O)C(=O)OC2. The third-order valence-corrected chi connectivity index (χ3v) is 5.05. The van der Waals surface area contributed by atoms with E-state index < -0.39 is 11.9 Å². The molecule has 2 rings (SSSR count). The van der Waals surface area contributed by atoms with Gasteiger partial charge in [0.25, 0.3) is 0 Å². The van der Waals surface area contributed by atoms with E-state index in [-0.39, 0.29) is 19.1 Å². The summed E-state index contributed by atoms with van der Waals surface area (Å²) in [5.74, 6) is -1.26. The molecule has 0 unspecified atom stereocenters. The highest BCUT2D eigenvalue weighted by molar-refractivity contribution is 6.05. The van der Waals surface area contributed by atoms with Gasteiger partial charge in [0, 0.05) is 26.1 Å². The van der Waals surface area contributed by atoms with Crippen LogP contribution in [0.15, 0.2) is 11.6 Å². The van der Waals surface area contributed by atoms with Gasteiger partial charge in [-0.25, -0.2) is 9.59 Å². The average Bonchev–Trinajstić information content (AvgIpc) is 3.02. The number of esters is 1. The van der Waals surface area contributed by atoms with Crippen molar-refractivity contribution >= 4 is 23.7 Å². The van der Waals surface area contributed by atoms with Crippen molar-refractivity contribution in [3.05, 3.63) is 39.5 Å². The molecule has 1 aliphatic rings. The van der Waals surface area contributed by atoms with E-state index in [1.54, 1.807) is 14.1 Å². The van der Waals surface area contributed by atoms with Gasteiger partial charge in [-0.3, -0.25) is 4.79 Å². The molecule has 2 N–H and O–H groups in total. The van der Waals surface area contributed by atoms with E-state index in [1.807, 2.05) is 26.8 Å². The topological polar surface area (TPSA) is 95.9 Å². The van der Waals surface area contributed by atoms with Crippen LogP contribution in [0.5, 0.6) is 0 Å². The third-order valence-electron chi connectivity index (χ3n) is 5.05. The second-order valence-corrected chi connectivity index (χ2v) is 7.21. The minimum absolute atomic E-state index is 0.0722. The predicted octanol–water partition coefficient (Wildman–Crippen LogP) is 3.67. The van der Waals surface area contributed by atoms with Gasteiger partial charge in [-0.2, -0.15) is 0 Å². The molecule has 0 saturated carbocycles. The number of hydrogen-bond acceptors (Lipinski definition) is 4. The Kier molecular flexibility index (Phi) is 6.83. The summed E-state index contributed by atoms with van der Waals surface area (Å²) in [5, 5.41) is 11.7. The van der Waals surface area contributed by atoms with Crippen molar-refractivity contribution in [2.75, 3.05) is 19.4 Å². The standard InChI is InChI=1S/C21H28N2O5/c1-6-14-13(3)16-11-28-20(26)18(16)19(22-21(27)23(4)5)15(14)9-7-12(2)8-10-17(24)25/h7H,6,8-11H2,1-5H3,(H,22,27)(H,24,25). The summed E-state index contributed by atoms with van der Waals surface area (Å²) in [7, 11) is 3.27. The minimum Gasteiger partial charge on any atom is -0.481 e. The van der Waals surface area contributed by atoms with Crippen LogP contribution in [0.4, 0.5) is 10.5 Å². The van der Waals surface area contributed by atoms with Gasteiger partial charge < -0.3 is 20.1 Å². The normalized spacial score (nSPS) is 13.2. The molecule has 1 heterocycles. The third kappa shape index (κ3) is 4.52. The first-order valence-electron chi connectivity index (χ1n) is 9.37. The minimum atomic E-state index is -0.836. The first-order chi connectivity index (χ1) is 13.2. The van der Waals surface area contributed by atoms with Crippen LogP contribution in [-0.2, 0) is 29.0 Å². The van der Waals surface area contributed by atoms with E-state index in [9.17, 15) is 14.4 Å². The molecule has 152 valence electrons. The van der Waals surface area contributed by atoms with Crippen LogP contribution in [0, 0.1) is 6.92 Å². The number of cyclic esters (lactones) is 1. The van der Waals surface area contributed by atoms with Gasteiger partial charge in [0.15, 0.2) is 0 Å². The Morgan fingerprint density at radius 2 is 1.93 bits per heavy atom. The van der Waals surface area contributed by atoms with E-state index in [0.717, 1.165) is 34.2 Å². The number of nitrogens with zero attached hydrogens (tertiary/aromatic N) is 1. The van der Waals surface area contributed by atoms with Gasteiger partial charge >= 0.3 is 18.0 Å². The smallest absolute Gasteiger partial charge is 0.341 e. The quantitative estimate of drug-likeness (QED) is 0.549. The molecule has 1 aromatic carbocycles. The van der Waals surface area contributed by atoms with Gasteiger partial charge in [0.05, 0.1) is 11.3 Å². The number of benzene rings is 1. The lowest BCUT2D eigenvalue weighted by Gasteiger charge is -2.21. The van der Waals surface area contributed by atoms with Gasteiger partial charge in [-0.15, -0.1) is 0 Å². The van der Waals surface area contributed by atoms with Gasteiger partial charge in [0.2, 0.25) is 0 Å². The summed E-state index contributed by atoms with van der Waals surface area (Å²) < 4.78 is 5.25. The molecule has 0 aliphatic carbocycles. The fourth-order valence-corrected chi connectivity index (χ4v) is 3.41. The van der Waals surface area contributed by atoms with Crippen LogP contribution in [0.3, 0.4) is 0 Å². The van der Waals surface area contributed by atoms with Gasteiger partial charge in [-0.05, 0) is 49.8 Å². The highest BCUT2D eigenvalue weighted by atomic mass is 16.5. The number of anilines is 1. The van der Waals surface area contributed by atoms with Crippen LogP contribution in [0.25, 0.3) is 0 Å². The van der Waals surface area contributed by atoms with E-state index in [0.29, 0.717) is 24.1 Å². The van der Waals surface area contributed by atoms with Crippen molar-refractivity contribution < 1.29 is 24.2 Å². The summed E-state index contributed by atoms with van der Waals surface area (Å²) in [6.07, 6.45) is 3.74. The van der Waals surface area contributed by atoms with Crippen LogP contribution in [-0.4, -0.2) is 42.1 Å². The lowest BCUT2D eigenvalue weighted by molar-refractivity contribution is -0.136. The molecule has 28 heavy (non-hydrogen) atoms. The summed E-state index contributed by atoms with van der Waals surface area (Å²) in [5.41, 5.74) is 5.67. The second-order valence-electron chi connectivity index (χ2n) is 7.21. The van der Waals surface area contributed by atoms with Crippen molar-refractivity contribution in [3.8, 4) is 0 Å². The molecule has 0 aromatic heterocycles. The Bertz CT molecular complexity index is 840. The maximum absolute atomic E-state index is 12.4. The van der Waals surface area contributed by atoms with Crippen LogP contribution in [0.1, 0.15) is 59.3 Å². The van der Waals surface area contributed by atoms with Crippen molar-refractivity contribution in [2.45, 2.75) is 53.1 Å². The first kappa shape index (κ1) is 21.5. The molecule has 0 fully saturated rings. The largest absolute Gasteiger partial charge is 0.481 e. The van der Waals surface area contributed by atoms with Crippen molar-refractivity contribution in [3.63, 3.8) is 0 Å². The number of hydrogen-bond donors (Lipinski definition) is 2. The van der Waals surface area contributed by atoms with E-state index in [4.69, 9.17) is 9.84 Å². The zero-order chi connectivity index (χ0) is 21.0. The van der Waals surface area contributed by atoms with Crippen molar-refractivity contribution in [2.24, 2.45) is 0 Å². The van der Waals surface area contributed by atoms with E-state index in [1.165, 1.54) is 4.90 Å². The molecule has 0 spiro atoms. The Hall–Kier alpha value is -2.83. The number of allylic oxidation sites excluding steroid dienone is 2. The van der Waals surface area contributed by atoms with E-state index >= 15 is 0 Å². The number of fused-ring (bicyclic) bond motifs is 1. The lowest BCUT2D eigenvalue weighted by atomic mass is 9.88. The molecule has 2 amide bonds.